The molecule has 4 heterocycles. The number of halogens is 8. The van der Waals surface area contributed by atoms with Crippen molar-refractivity contribution < 1.29 is 68.9 Å². The van der Waals surface area contributed by atoms with E-state index in [1.165, 1.54) is 36.2 Å². The number of anilines is 2. The number of aryl methyl sites for hydroxylation is 1. The highest BCUT2D eigenvalue weighted by molar-refractivity contribution is 7.81. The van der Waals surface area contributed by atoms with Gasteiger partial charge in [0.05, 0.1) is 64.0 Å². The highest BCUT2D eigenvalue weighted by Crippen LogP contribution is 2.43. The number of hydrogen-bond donors (Lipinski definition) is 3. The molecule has 4 amide bonds. The number of aliphatic hydroxyl groups is 1. The topological polar surface area (TPSA) is 190 Å². The van der Waals surface area contributed by atoms with Crippen LogP contribution in [-0.4, -0.2) is 105 Å². The van der Waals surface area contributed by atoms with Crippen molar-refractivity contribution in [3.05, 3.63) is 112 Å². The lowest BCUT2D eigenvalue weighted by Crippen LogP contribution is -2.58. The molecule has 15 nitrogen and oxygen atoms in total. The third-order valence-corrected chi connectivity index (χ3v) is 14.4. The summed E-state index contributed by atoms with van der Waals surface area (Å²) in [5.74, 6) is -9.81. The SMILES string of the molecule is Cc1ncsc1-c1ccc([C@H](C)NC(=O)[C@@H]2C[C@@H](O)CN2C(=O)[C@@H](NC(=O)COCCC(F)COc2c(F)cc(-c3ncc(N4C(=S)N(c5ccc(C#N)c(C(F)(F)F)c5F)C(=O)C4(C)C)cc3F)cc2F)C(C)(C)C)cc1. The molecule has 0 saturated carbocycles. The lowest BCUT2D eigenvalue weighted by atomic mass is 9.85. The number of carbonyl (C=O) groups is 4. The Morgan fingerprint density at radius 3 is 2.24 bits per heavy atom. The van der Waals surface area contributed by atoms with Gasteiger partial charge in [-0.25, -0.2) is 26.9 Å². The van der Waals surface area contributed by atoms with E-state index in [2.05, 4.69) is 20.6 Å². The van der Waals surface area contributed by atoms with Crippen molar-refractivity contribution >= 4 is 63.7 Å². The van der Waals surface area contributed by atoms with Crippen LogP contribution in [0.4, 0.5) is 46.5 Å². The fourth-order valence-corrected chi connectivity index (χ4v) is 10.3. The second-order valence-electron chi connectivity index (χ2n) is 20.2. The number of aromatic nitrogens is 2. The van der Waals surface area contributed by atoms with Crippen LogP contribution in [0.25, 0.3) is 21.7 Å². The Morgan fingerprint density at radius 2 is 1.65 bits per heavy atom. The van der Waals surface area contributed by atoms with Gasteiger partial charge in [-0.1, -0.05) is 45.0 Å². The van der Waals surface area contributed by atoms with Crippen molar-refractivity contribution in [3.8, 4) is 33.5 Å². The Bertz CT molecular complexity index is 3160. The van der Waals surface area contributed by atoms with Crippen LogP contribution in [-0.2, 0) is 30.1 Å². The van der Waals surface area contributed by atoms with Crippen molar-refractivity contribution in [2.75, 3.05) is 36.2 Å². The minimum absolute atomic E-state index is 0.0325. The van der Waals surface area contributed by atoms with Gasteiger partial charge in [0.1, 0.15) is 48.3 Å². The van der Waals surface area contributed by atoms with Crippen molar-refractivity contribution in [2.45, 2.75) is 103 Å². The number of nitrogens with one attached hydrogen (secondary N) is 2. The van der Waals surface area contributed by atoms with Crippen LogP contribution >= 0.6 is 23.6 Å². The predicted molar refractivity (Wildman–Crippen MR) is 274 cm³/mol. The molecule has 0 spiro atoms. The van der Waals surface area contributed by atoms with E-state index in [0.29, 0.717) is 23.1 Å². The van der Waals surface area contributed by atoms with E-state index in [4.69, 9.17) is 27.0 Å². The molecule has 5 aromatic rings. The summed E-state index contributed by atoms with van der Waals surface area (Å²) in [6.07, 6.45) is -7.71. The number of hydrogen-bond acceptors (Lipinski definition) is 12. The number of likely N-dealkylation sites (tertiary alicyclic amines) is 1. The number of pyridine rings is 1. The van der Waals surface area contributed by atoms with Gasteiger partial charge in [-0.15, -0.1) is 11.3 Å². The number of amides is 4. The highest BCUT2D eigenvalue weighted by Gasteiger charge is 2.52. The van der Waals surface area contributed by atoms with Crippen LogP contribution < -0.4 is 25.2 Å². The Labute approximate surface area is 452 Å². The van der Waals surface area contributed by atoms with Crippen molar-refractivity contribution in [3.63, 3.8) is 0 Å². The molecule has 7 rings (SSSR count). The summed E-state index contributed by atoms with van der Waals surface area (Å²) in [5, 5.41) is 24.8. The van der Waals surface area contributed by atoms with Gasteiger partial charge in [0.2, 0.25) is 17.7 Å². The molecule has 3 N–H and O–H groups in total. The van der Waals surface area contributed by atoms with Gasteiger partial charge < -0.3 is 35.0 Å². The van der Waals surface area contributed by atoms with Gasteiger partial charge in [-0.2, -0.15) is 18.4 Å². The number of ether oxygens (including phenoxy) is 2. The first kappa shape index (κ1) is 58.5. The number of rotatable bonds is 17. The number of alkyl halides is 4. The Hall–Kier alpha value is -7.14. The number of aliphatic hydroxyl groups excluding tert-OH is 1. The smallest absolute Gasteiger partial charge is 0.420 e. The average molecular weight is 1130 g/mol. The van der Waals surface area contributed by atoms with Crippen molar-refractivity contribution in [1.82, 2.24) is 25.5 Å². The average Bonchev–Trinajstić information content (AvgIpc) is 4.07. The fraction of sp³-hybridized carbons (Fsp3) is 0.396. The molecule has 0 aliphatic carbocycles. The van der Waals surface area contributed by atoms with Crippen LogP contribution in [0.15, 0.2) is 66.3 Å². The number of nitrogens with zero attached hydrogens (tertiary/aromatic N) is 6. The Balaban J connectivity index is 0.910. The summed E-state index contributed by atoms with van der Waals surface area (Å²) >= 11 is 6.89. The summed E-state index contributed by atoms with van der Waals surface area (Å²) in [4.78, 5) is 66.3. The van der Waals surface area contributed by atoms with Gasteiger partial charge in [-0.3, -0.25) is 29.1 Å². The summed E-state index contributed by atoms with van der Waals surface area (Å²) in [6.45, 7) is 9.29. The maximum absolute atomic E-state index is 15.8. The monoisotopic (exact) mass is 1130 g/mol. The van der Waals surface area contributed by atoms with Gasteiger partial charge in [0, 0.05) is 31.0 Å². The summed E-state index contributed by atoms with van der Waals surface area (Å²) in [7, 11) is 0. The largest absolute Gasteiger partial charge is 0.485 e. The molecule has 5 atom stereocenters. The third kappa shape index (κ3) is 12.3. The minimum atomic E-state index is -5.33. The molecule has 414 valence electrons. The number of thiocarbonyl (C=S) groups is 1. The molecule has 25 heteroatoms. The van der Waals surface area contributed by atoms with Crippen LogP contribution in [0.2, 0.25) is 0 Å². The van der Waals surface area contributed by atoms with E-state index in [-0.39, 0.29) is 25.3 Å². The highest BCUT2D eigenvalue weighted by atomic mass is 32.1. The van der Waals surface area contributed by atoms with E-state index in [1.807, 2.05) is 31.2 Å². The quantitative estimate of drug-likeness (QED) is 0.0456. The van der Waals surface area contributed by atoms with E-state index in [9.17, 15) is 41.8 Å². The number of β-amino-alcohol motifs (C(OH)–C–C–N with tert-alkyl or cyclic N) is 1. The van der Waals surface area contributed by atoms with Crippen molar-refractivity contribution in [1.29, 1.82) is 5.26 Å². The van der Waals surface area contributed by atoms with Crippen LogP contribution in [0.5, 0.6) is 5.75 Å². The first-order valence-electron chi connectivity index (χ1n) is 24.1. The maximum Gasteiger partial charge on any atom is 0.420 e. The van der Waals surface area contributed by atoms with E-state index in [1.54, 1.807) is 33.2 Å². The number of benzene rings is 3. The molecule has 2 aliphatic rings. The molecule has 1 unspecified atom stereocenters. The minimum Gasteiger partial charge on any atom is -0.485 e. The first-order valence-corrected chi connectivity index (χ1v) is 25.4. The van der Waals surface area contributed by atoms with Gasteiger partial charge >= 0.3 is 6.18 Å². The molecule has 0 bridgehead atoms. The normalized spacial score (nSPS) is 17.7. The van der Waals surface area contributed by atoms with E-state index in [0.717, 1.165) is 44.9 Å². The maximum atomic E-state index is 15.8. The summed E-state index contributed by atoms with van der Waals surface area (Å²) in [6, 6.07) is 9.74. The molecular formula is C53H52F8N8O7S2. The van der Waals surface area contributed by atoms with Crippen molar-refractivity contribution in [2.24, 2.45) is 5.41 Å². The lowest BCUT2D eigenvalue weighted by molar-refractivity contribution is -0.144. The van der Waals surface area contributed by atoms with E-state index >= 15 is 17.6 Å². The molecule has 2 fully saturated rings. The standard InChI is InChI=1S/C53H52F8N8O7S2/c1-26(28-8-10-29(11-9-28)45-27(2)64-25-78-45)65-47(72)39-19-34(70)22-67(39)48(73)46(51(3,4)5)66-40(71)24-75-15-14-32(54)23-76-44-36(56)16-31(17-37(44)57)43-35(55)18-33(21-63-43)69-50(77)68(49(74)52(69,6)7)38-13-12-30(20-62)41(42(38)58)53(59,60)61/h8-13,16-18,21,25-26,32,34,39,46,70H,14-15,19,22-24H2,1-7H3,(H,65,72)(H,66,71)/t26-,32?,34+,39-,46+/m0/s1. The summed E-state index contributed by atoms with van der Waals surface area (Å²) < 4.78 is 129. The molecule has 0 radical (unpaired) electrons. The van der Waals surface area contributed by atoms with Gasteiger partial charge in [0.15, 0.2) is 34.1 Å². The second-order valence-corrected chi connectivity index (χ2v) is 21.4. The van der Waals surface area contributed by atoms with Crippen LogP contribution in [0.1, 0.15) is 82.8 Å². The van der Waals surface area contributed by atoms with Crippen LogP contribution in [0.3, 0.4) is 0 Å². The third-order valence-electron chi connectivity index (χ3n) is 13.1. The zero-order valence-electron chi connectivity index (χ0n) is 42.9. The fourth-order valence-electron chi connectivity index (χ4n) is 9.00. The lowest BCUT2D eigenvalue weighted by Gasteiger charge is -2.35. The number of nitriles is 1. The molecule has 2 saturated heterocycles. The molecule has 78 heavy (non-hydrogen) atoms. The summed E-state index contributed by atoms with van der Waals surface area (Å²) in [5.41, 5.74) is -3.42. The van der Waals surface area contributed by atoms with Gasteiger partial charge in [0.25, 0.3) is 5.91 Å². The second kappa shape index (κ2) is 23.1. The zero-order valence-corrected chi connectivity index (χ0v) is 44.5. The molecule has 3 aromatic carbocycles. The molecule has 2 aliphatic heterocycles. The number of carbonyl (C=O) groups excluding carboxylic acids is 4. The predicted octanol–water partition coefficient (Wildman–Crippen LogP) is 9.04. The Morgan fingerprint density at radius 1 is 0.987 bits per heavy atom. The van der Waals surface area contributed by atoms with Crippen LogP contribution in [0, 0.1) is 46.9 Å². The molecule has 2 aromatic heterocycles. The Kier molecular flexibility index (Phi) is 17.3. The van der Waals surface area contributed by atoms with Gasteiger partial charge in [-0.05, 0) is 80.7 Å². The number of thiazole rings is 1. The first-order chi connectivity index (χ1) is 36.5. The molecular weight excluding hydrogens is 1080 g/mol. The zero-order chi connectivity index (χ0) is 57.3. The van der Waals surface area contributed by atoms with E-state index < -0.39 is 153 Å².